The van der Waals surface area contributed by atoms with Gasteiger partial charge in [0.25, 0.3) is 16.8 Å². The Bertz CT molecular complexity index is 1030. The SMILES string of the molecule is O=[N+]([O-])c1ccc(-c2nnc(CSc3nnc(-c4cccs4)o3)o2)cc1. The molecule has 26 heavy (non-hydrogen) atoms. The number of nitrogens with zero attached hydrogens (tertiary/aromatic N) is 5. The topological polar surface area (TPSA) is 121 Å². The summed E-state index contributed by atoms with van der Waals surface area (Å²) in [5.74, 6) is 1.52. The number of hydrogen-bond donors (Lipinski definition) is 0. The van der Waals surface area contributed by atoms with Crippen LogP contribution in [0.5, 0.6) is 0 Å². The molecule has 0 aliphatic heterocycles. The third-order valence-electron chi connectivity index (χ3n) is 3.25. The van der Waals surface area contributed by atoms with Crippen LogP contribution in [-0.2, 0) is 5.75 Å². The minimum atomic E-state index is -0.464. The number of thiophene rings is 1. The molecule has 4 rings (SSSR count). The number of nitro benzene ring substituents is 1. The maximum Gasteiger partial charge on any atom is 0.277 e. The zero-order valence-corrected chi connectivity index (χ0v) is 14.6. The molecule has 0 saturated heterocycles. The first-order valence-corrected chi connectivity index (χ1v) is 9.13. The molecule has 3 heterocycles. The molecule has 0 saturated carbocycles. The standard InChI is InChI=1S/C15H9N5O4S2/c21-20(22)10-5-3-9(4-6-10)13-17-16-12(23-13)8-26-15-19-18-14(24-15)11-2-1-7-25-11/h1-7H,8H2. The highest BCUT2D eigenvalue weighted by Crippen LogP contribution is 2.28. The summed E-state index contributed by atoms with van der Waals surface area (Å²) in [5.41, 5.74) is 0.610. The third-order valence-corrected chi connectivity index (χ3v) is 4.91. The summed E-state index contributed by atoms with van der Waals surface area (Å²) in [4.78, 5) is 11.1. The van der Waals surface area contributed by atoms with Crippen molar-refractivity contribution in [3.8, 4) is 22.2 Å². The fourth-order valence-corrected chi connectivity index (χ4v) is 3.29. The van der Waals surface area contributed by atoms with Crippen LogP contribution in [0, 0.1) is 10.1 Å². The van der Waals surface area contributed by atoms with Crippen molar-refractivity contribution in [2.45, 2.75) is 11.0 Å². The van der Waals surface area contributed by atoms with Crippen molar-refractivity contribution in [1.29, 1.82) is 0 Å². The van der Waals surface area contributed by atoms with Crippen LogP contribution < -0.4 is 0 Å². The van der Waals surface area contributed by atoms with Gasteiger partial charge in [0.2, 0.25) is 11.8 Å². The minimum Gasteiger partial charge on any atom is -0.420 e. The monoisotopic (exact) mass is 387 g/mol. The molecule has 0 unspecified atom stereocenters. The first kappa shape index (κ1) is 16.4. The maximum absolute atomic E-state index is 10.7. The smallest absolute Gasteiger partial charge is 0.277 e. The van der Waals surface area contributed by atoms with Crippen molar-refractivity contribution in [3.63, 3.8) is 0 Å². The number of thioether (sulfide) groups is 1. The number of aromatic nitrogens is 4. The Morgan fingerprint density at radius 1 is 1.04 bits per heavy atom. The lowest BCUT2D eigenvalue weighted by Gasteiger charge is -1.94. The minimum absolute atomic E-state index is 0.00184. The van der Waals surface area contributed by atoms with Crippen molar-refractivity contribution >= 4 is 28.8 Å². The first-order valence-electron chi connectivity index (χ1n) is 7.26. The highest BCUT2D eigenvalue weighted by Gasteiger charge is 2.14. The van der Waals surface area contributed by atoms with E-state index in [-0.39, 0.29) is 5.69 Å². The zero-order valence-electron chi connectivity index (χ0n) is 12.9. The Balaban J connectivity index is 1.41. The average molecular weight is 387 g/mol. The molecule has 130 valence electrons. The van der Waals surface area contributed by atoms with Crippen LogP contribution in [0.3, 0.4) is 0 Å². The van der Waals surface area contributed by atoms with E-state index >= 15 is 0 Å². The van der Waals surface area contributed by atoms with Crippen molar-refractivity contribution < 1.29 is 13.8 Å². The van der Waals surface area contributed by atoms with Gasteiger partial charge in [-0.3, -0.25) is 10.1 Å². The molecule has 0 radical (unpaired) electrons. The van der Waals surface area contributed by atoms with Gasteiger partial charge in [0.1, 0.15) is 0 Å². The molecule has 0 bridgehead atoms. The van der Waals surface area contributed by atoms with E-state index in [1.165, 1.54) is 35.2 Å². The predicted molar refractivity (Wildman–Crippen MR) is 93.6 cm³/mol. The molecule has 0 amide bonds. The fraction of sp³-hybridized carbons (Fsp3) is 0.0667. The van der Waals surface area contributed by atoms with Crippen LogP contribution in [0.2, 0.25) is 0 Å². The molecule has 3 aromatic heterocycles. The summed E-state index contributed by atoms with van der Waals surface area (Å²) in [5, 5.41) is 28.9. The number of non-ortho nitro benzene ring substituents is 1. The van der Waals surface area contributed by atoms with Crippen LogP contribution in [0.15, 0.2) is 55.8 Å². The van der Waals surface area contributed by atoms with Gasteiger partial charge in [-0.25, -0.2) is 0 Å². The van der Waals surface area contributed by atoms with Gasteiger partial charge in [0.05, 0.1) is 15.6 Å². The molecular weight excluding hydrogens is 378 g/mol. The van der Waals surface area contributed by atoms with Gasteiger partial charge >= 0.3 is 0 Å². The molecule has 1 aromatic carbocycles. The summed E-state index contributed by atoms with van der Waals surface area (Å²) in [7, 11) is 0. The van der Waals surface area contributed by atoms with E-state index in [0.29, 0.717) is 34.2 Å². The summed E-state index contributed by atoms with van der Waals surface area (Å²) >= 11 is 2.80. The van der Waals surface area contributed by atoms with Crippen LogP contribution in [0.1, 0.15) is 5.89 Å². The second-order valence-corrected chi connectivity index (χ2v) is 6.82. The molecule has 0 fully saturated rings. The quantitative estimate of drug-likeness (QED) is 0.274. The van der Waals surface area contributed by atoms with E-state index in [2.05, 4.69) is 20.4 Å². The zero-order chi connectivity index (χ0) is 17.9. The molecule has 0 N–H and O–H groups in total. The molecule has 0 aliphatic rings. The van der Waals surface area contributed by atoms with Gasteiger partial charge in [-0.05, 0) is 23.6 Å². The molecule has 0 atom stereocenters. The molecule has 4 aromatic rings. The molecular formula is C15H9N5O4S2. The van der Waals surface area contributed by atoms with E-state index in [4.69, 9.17) is 8.83 Å². The van der Waals surface area contributed by atoms with Gasteiger partial charge in [0, 0.05) is 17.7 Å². The maximum atomic E-state index is 10.7. The van der Waals surface area contributed by atoms with Crippen molar-refractivity contribution in [2.24, 2.45) is 0 Å². The number of hydrogen-bond acceptors (Lipinski definition) is 10. The van der Waals surface area contributed by atoms with Gasteiger partial charge in [-0.1, -0.05) is 17.8 Å². The highest BCUT2D eigenvalue weighted by atomic mass is 32.2. The first-order chi connectivity index (χ1) is 12.7. The Kier molecular flexibility index (Phi) is 4.46. The number of benzene rings is 1. The summed E-state index contributed by atoms with van der Waals surface area (Å²) < 4.78 is 11.1. The normalized spacial score (nSPS) is 10.9. The van der Waals surface area contributed by atoms with Crippen molar-refractivity contribution in [3.05, 3.63) is 57.8 Å². The largest absolute Gasteiger partial charge is 0.420 e. The van der Waals surface area contributed by atoms with Crippen LogP contribution in [0.4, 0.5) is 5.69 Å². The van der Waals surface area contributed by atoms with E-state index < -0.39 is 4.92 Å². The Morgan fingerprint density at radius 3 is 2.58 bits per heavy atom. The van der Waals surface area contributed by atoms with E-state index in [1.54, 1.807) is 12.1 Å². The lowest BCUT2D eigenvalue weighted by molar-refractivity contribution is -0.384. The van der Waals surface area contributed by atoms with E-state index in [0.717, 1.165) is 4.88 Å². The summed E-state index contributed by atoms with van der Waals surface area (Å²) in [6, 6.07) is 9.72. The summed E-state index contributed by atoms with van der Waals surface area (Å²) in [6.07, 6.45) is 0. The predicted octanol–water partition coefficient (Wildman–Crippen LogP) is 4.05. The molecule has 0 aliphatic carbocycles. The highest BCUT2D eigenvalue weighted by molar-refractivity contribution is 7.98. The van der Waals surface area contributed by atoms with Gasteiger partial charge in [-0.15, -0.1) is 31.7 Å². The third kappa shape index (κ3) is 3.48. The van der Waals surface area contributed by atoms with Crippen molar-refractivity contribution in [1.82, 2.24) is 20.4 Å². The van der Waals surface area contributed by atoms with Crippen LogP contribution in [-0.4, -0.2) is 25.3 Å². The second-order valence-electron chi connectivity index (χ2n) is 4.94. The average Bonchev–Trinajstić information content (AvgIpc) is 3.40. The second kappa shape index (κ2) is 7.06. The van der Waals surface area contributed by atoms with Gasteiger partial charge in [0.15, 0.2) is 0 Å². The summed E-state index contributed by atoms with van der Waals surface area (Å²) in [6.45, 7) is 0. The molecule has 9 nitrogen and oxygen atoms in total. The number of nitro groups is 1. The van der Waals surface area contributed by atoms with Gasteiger partial charge < -0.3 is 8.83 Å². The Labute approximate surface area is 154 Å². The van der Waals surface area contributed by atoms with E-state index in [1.807, 2.05) is 17.5 Å². The molecule has 0 spiro atoms. The Hall–Kier alpha value is -3.05. The lowest BCUT2D eigenvalue weighted by Crippen LogP contribution is -1.87. The molecule has 11 heteroatoms. The number of rotatable bonds is 6. The van der Waals surface area contributed by atoms with Crippen LogP contribution in [0.25, 0.3) is 22.2 Å². The van der Waals surface area contributed by atoms with Gasteiger partial charge in [-0.2, -0.15) is 0 Å². The van der Waals surface area contributed by atoms with Crippen molar-refractivity contribution in [2.75, 3.05) is 0 Å². The lowest BCUT2D eigenvalue weighted by atomic mass is 10.2. The van der Waals surface area contributed by atoms with Crippen LogP contribution >= 0.6 is 23.1 Å². The Morgan fingerprint density at radius 2 is 1.85 bits per heavy atom. The fourth-order valence-electron chi connectivity index (χ4n) is 2.05. The van der Waals surface area contributed by atoms with E-state index in [9.17, 15) is 10.1 Å².